The van der Waals surface area contributed by atoms with Crippen LogP contribution in [0.2, 0.25) is 0 Å². The van der Waals surface area contributed by atoms with Crippen molar-refractivity contribution < 1.29 is 0 Å². The van der Waals surface area contributed by atoms with Crippen LogP contribution < -0.4 is 0 Å². The first-order valence-electron chi connectivity index (χ1n) is 7.70. The Balaban J connectivity index is 0.000000106. The minimum absolute atomic E-state index is 1.03. The lowest BCUT2D eigenvalue weighted by Crippen LogP contribution is -1.85. The molecule has 4 nitrogen and oxygen atoms in total. The fourth-order valence-corrected chi connectivity index (χ4v) is 2.01. The molecule has 0 amide bonds. The van der Waals surface area contributed by atoms with E-state index in [2.05, 4.69) is 19.9 Å². The third-order valence-electron chi connectivity index (χ3n) is 3.66. The molecular formula is C18H20N4. The molecule has 0 bridgehead atoms. The lowest BCUT2D eigenvalue weighted by Gasteiger charge is -2.05. The number of para-hydroxylation sites is 4. The summed E-state index contributed by atoms with van der Waals surface area (Å²) in [5.41, 5.74) is 4.24. The molecule has 1 fully saturated rings. The molecule has 0 unspecified atom stereocenters. The van der Waals surface area contributed by atoms with Gasteiger partial charge in [0, 0.05) is 0 Å². The average molecular weight is 292 g/mol. The molecule has 0 aliphatic heterocycles. The third-order valence-corrected chi connectivity index (χ3v) is 3.66. The molecule has 2 N–H and O–H groups in total. The first kappa shape index (κ1) is 14.3. The second-order valence-corrected chi connectivity index (χ2v) is 5.25. The number of nitrogens with zero attached hydrogens (tertiary/aromatic N) is 2. The van der Waals surface area contributed by atoms with Gasteiger partial charge in [-0.25, -0.2) is 9.97 Å². The molecule has 1 aliphatic rings. The van der Waals surface area contributed by atoms with Crippen LogP contribution in [0.15, 0.2) is 61.2 Å². The van der Waals surface area contributed by atoms with E-state index >= 15 is 0 Å². The van der Waals surface area contributed by atoms with Crippen molar-refractivity contribution in [2.24, 2.45) is 0 Å². The van der Waals surface area contributed by atoms with Gasteiger partial charge in [-0.1, -0.05) is 49.9 Å². The Kier molecular flexibility index (Phi) is 4.82. The van der Waals surface area contributed by atoms with Crippen LogP contribution in [0.5, 0.6) is 0 Å². The van der Waals surface area contributed by atoms with Crippen molar-refractivity contribution >= 4 is 22.1 Å². The highest BCUT2D eigenvalue weighted by atomic mass is 14.9. The lowest BCUT2D eigenvalue weighted by atomic mass is 10.0. The summed E-state index contributed by atoms with van der Waals surface area (Å²) in [6.07, 6.45) is 9.40. The second kappa shape index (κ2) is 7.41. The summed E-state index contributed by atoms with van der Waals surface area (Å²) in [5.74, 6) is 0. The molecule has 2 heterocycles. The Hall–Kier alpha value is -2.62. The molecule has 112 valence electrons. The van der Waals surface area contributed by atoms with Crippen molar-refractivity contribution in [2.45, 2.75) is 25.7 Å². The monoisotopic (exact) mass is 292 g/mol. The van der Waals surface area contributed by atoms with Crippen LogP contribution in [0.4, 0.5) is 0 Å². The summed E-state index contributed by atoms with van der Waals surface area (Å²) in [4.78, 5) is 14.1. The van der Waals surface area contributed by atoms with E-state index in [9.17, 15) is 0 Å². The molecule has 5 rings (SSSR count). The van der Waals surface area contributed by atoms with Crippen LogP contribution in [-0.2, 0) is 0 Å². The van der Waals surface area contributed by atoms with Crippen molar-refractivity contribution in [3.8, 4) is 0 Å². The molecule has 0 saturated heterocycles. The van der Waals surface area contributed by atoms with Gasteiger partial charge in [0.1, 0.15) is 0 Å². The number of hydrogen-bond donors (Lipinski definition) is 2. The van der Waals surface area contributed by atoms with E-state index in [0.29, 0.717) is 0 Å². The van der Waals surface area contributed by atoms with E-state index in [4.69, 9.17) is 0 Å². The fourth-order valence-electron chi connectivity index (χ4n) is 2.01. The fraction of sp³-hybridized carbons (Fsp3) is 0.222. The van der Waals surface area contributed by atoms with Gasteiger partial charge in [0.05, 0.1) is 34.7 Å². The van der Waals surface area contributed by atoms with Crippen molar-refractivity contribution in [2.75, 3.05) is 0 Å². The van der Waals surface area contributed by atoms with Gasteiger partial charge in [-0.15, -0.1) is 0 Å². The smallest absolute Gasteiger partial charge is 0.0931 e. The Morgan fingerprint density at radius 1 is 0.591 bits per heavy atom. The van der Waals surface area contributed by atoms with Crippen LogP contribution in [-0.4, -0.2) is 19.9 Å². The number of rotatable bonds is 0. The van der Waals surface area contributed by atoms with Crippen molar-refractivity contribution in [3.05, 3.63) is 61.2 Å². The van der Waals surface area contributed by atoms with E-state index in [-0.39, 0.29) is 0 Å². The normalized spacial score (nSPS) is 12.7. The van der Waals surface area contributed by atoms with Crippen LogP contribution in [0.3, 0.4) is 0 Å². The minimum Gasteiger partial charge on any atom is -0.345 e. The van der Waals surface area contributed by atoms with Crippen LogP contribution in [0, 0.1) is 0 Å². The number of aromatic amines is 2. The number of imidazole rings is 2. The zero-order valence-electron chi connectivity index (χ0n) is 12.5. The Morgan fingerprint density at radius 2 is 1.00 bits per heavy atom. The topological polar surface area (TPSA) is 57.4 Å². The highest BCUT2D eigenvalue weighted by Crippen LogP contribution is 2.15. The van der Waals surface area contributed by atoms with Gasteiger partial charge in [0.2, 0.25) is 0 Å². The Bertz CT molecular complexity index is 681. The van der Waals surface area contributed by atoms with E-state index in [0.717, 1.165) is 22.1 Å². The first-order valence-corrected chi connectivity index (χ1v) is 7.70. The van der Waals surface area contributed by atoms with Crippen molar-refractivity contribution in [1.82, 2.24) is 19.9 Å². The average Bonchev–Trinajstić information content (AvgIpc) is 3.15. The van der Waals surface area contributed by atoms with Crippen LogP contribution >= 0.6 is 0 Å². The molecule has 0 spiro atoms. The van der Waals surface area contributed by atoms with Crippen LogP contribution in [0.25, 0.3) is 22.1 Å². The van der Waals surface area contributed by atoms with Gasteiger partial charge in [-0.05, 0) is 24.3 Å². The molecule has 1 aliphatic carbocycles. The van der Waals surface area contributed by atoms with E-state index in [1.54, 1.807) is 12.7 Å². The maximum Gasteiger partial charge on any atom is 0.0931 e. The van der Waals surface area contributed by atoms with Gasteiger partial charge in [-0.3, -0.25) is 0 Å². The Labute approximate surface area is 129 Å². The largest absolute Gasteiger partial charge is 0.345 e. The van der Waals surface area contributed by atoms with Gasteiger partial charge in [0.15, 0.2) is 0 Å². The SMILES string of the molecule is C1CCC1.c1ccc2[nH]cnc2c1.c1ccc2[nH]cnc2c1. The number of fused-ring (bicyclic) bond motifs is 2. The predicted octanol–water partition coefficient (Wildman–Crippen LogP) is 4.69. The number of benzene rings is 2. The number of H-pyrrole nitrogens is 2. The van der Waals surface area contributed by atoms with Crippen molar-refractivity contribution in [3.63, 3.8) is 0 Å². The third kappa shape index (κ3) is 3.73. The summed E-state index contributed by atoms with van der Waals surface area (Å²) < 4.78 is 0. The zero-order valence-corrected chi connectivity index (χ0v) is 12.5. The molecule has 0 radical (unpaired) electrons. The maximum absolute atomic E-state index is 4.06. The molecule has 4 aromatic rings. The number of aromatic nitrogens is 4. The summed E-state index contributed by atoms with van der Waals surface area (Å²) in [6, 6.07) is 15.9. The van der Waals surface area contributed by atoms with E-state index in [1.165, 1.54) is 25.7 Å². The van der Waals surface area contributed by atoms with E-state index in [1.807, 2.05) is 48.5 Å². The molecule has 22 heavy (non-hydrogen) atoms. The quantitative estimate of drug-likeness (QED) is 0.494. The van der Waals surface area contributed by atoms with Crippen molar-refractivity contribution in [1.29, 1.82) is 0 Å². The van der Waals surface area contributed by atoms with Crippen LogP contribution in [0.1, 0.15) is 25.7 Å². The molecule has 2 aromatic carbocycles. The Morgan fingerprint density at radius 3 is 1.36 bits per heavy atom. The summed E-state index contributed by atoms with van der Waals surface area (Å²) in [6.45, 7) is 0. The second-order valence-electron chi connectivity index (χ2n) is 5.25. The molecule has 1 saturated carbocycles. The van der Waals surface area contributed by atoms with Gasteiger partial charge < -0.3 is 9.97 Å². The molecule has 2 aromatic heterocycles. The lowest BCUT2D eigenvalue weighted by molar-refractivity contribution is 0.504. The predicted molar refractivity (Wildman–Crippen MR) is 90.7 cm³/mol. The maximum atomic E-state index is 4.06. The highest BCUT2D eigenvalue weighted by molar-refractivity contribution is 5.74. The number of nitrogens with one attached hydrogen (secondary N) is 2. The zero-order chi connectivity index (χ0) is 15.0. The van der Waals surface area contributed by atoms with Gasteiger partial charge in [0.25, 0.3) is 0 Å². The first-order chi connectivity index (χ1) is 10.9. The molecular weight excluding hydrogens is 272 g/mol. The summed E-state index contributed by atoms with van der Waals surface area (Å²) in [5, 5.41) is 0. The standard InChI is InChI=1S/2C7H6N2.C4H8/c2*1-2-4-7-6(3-1)8-5-9-7;1-2-4-3-1/h2*1-5H,(H,8,9);1-4H2. The summed E-state index contributed by atoms with van der Waals surface area (Å²) >= 11 is 0. The van der Waals surface area contributed by atoms with Gasteiger partial charge >= 0.3 is 0 Å². The van der Waals surface area contributed by atoms with Gasteiger partial charge in [-0.2, -0.15) is 0 Å². The molecule has 0 atom stereocenters. The highest BCUT2D eigenvalue weighted by Gasteiger charge is 1.95. The minimum atomic E-state index is 1.03. The number of hydrogen-bond acceptors (Lipinski definition) is 2. The summed E-state index contributed by atoms with van der Waals surface area (Å²) in [7, 11) is 0. The van der Waals surface area contributed by atoms with E-state index < -0.39 is 0 Å². The molecule has 4 heteroatoms.